The Labute approximate surface area is 117 Å². The molecule has 0 unspecified atom stereocenters. The molecule has 0 fully saturated rings. The van der Waals surface area contributed by atoms with E-state index in [1.165, 1.54) is 23.9 Å². The number of nitriles is 1. The van der Waals surface area contributed by atoms with Gasteiger partial charge in [-0.1, -0.05) is 23.9 Å². The van der Waals surface area contributed by atoms with Crippen LogP contribution in [0, 0.1) is 17.1 Å². The predicted octanol–water partition coefficient (Wildman–Crippen LogP) is 4.46. The van der Waals surface area contributed by atoms with Crippen molar-refractivity contribution in [2.45, 2.75) is 9.24 Å². The van der Waals surface area contributed by atoms with E-state index in [1.807, 2.05) is 30.3 Å². The number of hydrogen-bond acceptors (Lipinski definition) is 4. The monoisotopic (exact) mass is 286 g/mol. The SMILES string of the molecule is N#Cc1cc(F)cc(Sc2nc3ccccc3s2)c1. The maximum absolute atomic E-state index is 13.3. The summed E-state index contributed by atoms with van der Waals surface area (Å²) in [6.45, 7) is 0. The molecule has 0 aliphatic carbocycles. The molecule has 0 saturated heterocycles. The van der Waals surface area contributed by atoms with Crippen LogP contribution in [0.4, 0.5) is 4.39 Å². The average Bonchev–Trinajstić information content (AvgIpc) is 2.80. The molecule has 0 amide bonds. The number of aromatic nitrogens is 1. The van der Waals surface area contributed by atoms with Crippen molar-refractivity contribution >= 4 is 33.3 Å². The molecular formula is C14H7FN2S2. The molecule has 1 heterocycles. The molecule has 0 atom stereocenters. The number of benzene rings is 2. The standard InChI is InChI=1S/C14H7FN2S2/c15-10-5-9(8-16)6-11(7-10)18-14-17-12-3-1-2-4-13(12)19-14/h1-7H. The smallest absolute Gasteiger partial charge is 0.155 e. The van der Waals surface area contributed by atoms with Gasteiger partial charge in [-0.2, -0.15) is 5.26 Å². The number of para-hydroxylation sites is 1. The van der Waals surface area contributed by atoms with Gasteiger partial charge in [0.1, 0.15) is 5.82 Å². The molecule has 3 aromatic rings. The molecule has 2 nitrogen and oxygen atoms in total. The van der Waals surface area contributed by atoms with Crippen molar-refractivity contribution in [3.05, 3.63) is 53.8 Å². The average molecular weight is 286 g/mol. The fourth-order valence-corrected chi connectivity index (χ4v) is 3.81. The van der Waals surface area contributed by atoms with E-state index in [1.54, 1.807) is 17.4 Å². The summed E-state index contributed by atoms with van der Waals surface area (Å²) >= 11 is 2.93. The van der Waals surface area contributed by atoms with Crippen LogP contribution in [-0.2, 0) is 0 Å². The second-order valence-corrected chi connectivity index (χ2v) is 6.19. The topological polar surface area (TPSA) is 36.7 Å². The van der Waals surface area contributed by atoms with Crippen LogP contribution in [0.2, 0.25) is 0 Å². The van der Waals surface area contributed by atoms with Gasteiger partial charge in [0.15, 0.2) is 4.34 Å². The number of nitrogens with zero attached hydrogens (tertiary/aromatic N) is 2. The number of fused-ring (bicyclic) bond motifs is 1. The minimum absolute atomic E-state index is 0.323. The Bertz CT molecular complexity index is 756. The van der Waals surface area contributed by atoms with Gasteiger partial charge in [0.25, 0.3) is 0 Å². The van der Waals surface area contributed by atoms with Crippen molar-refractivity contribution in [2.75, 3.05) is 0 Å². The molecule has 19 heavy (non-hydrogen) atoms. The van der Waals surface area contributed by atoms with Gasteiger partial charge >= 0.3 is 0 Å². The van der Waals surface area contributed by atoms with E-state index in [-0.39, 0.29) is 0 Å². The molecule has 3 rings (SSSR count). The van der Waals surface area contributed by atoms with Crippen LogP contribution in [0.5, 0.6) is 0 Å². The van der Waals surface area contributed by atoms with Crippen LogP contribution in [0.3, 0.4) is 0 Å². The minimum atomic E-state index is -0.400. The van der Waals surface area contributed by atoms with E-state index in [4.69, 9.17) is 5.26 Å². The van der Waals surface area contributed by atoms with E-state index >= 15 is 0 Å². The molecule has 1 aromatic heterocycles. The maximum Gasteiger partial charge on any atom is 0.155 e. The van der Waals surface area contributed by atoms with Gasteiger partial charge in [-0.05, 0) is 30.3 Å². The first-order valence-electron chi connectivity index (χ1n) is 5.49. The van der Waals surface area contributed by atoms with Gasteiger partial charge in [0.2, 0.25) is 0 Å². The third-order valence-electron chi connectivity index (χ3n) is 2.48. The summed E-state index contributed by atoms with van der Waals surface area (Å²) in [5.41, 5.74) is 1.26. The van der Waals surface area contributed by atoms with Crippen LogP contribution in [0.15, 0.2) is 51.7 Å². The van der Waals surface area contributed by atoms with Gasteiger partial charge < -0.3 is 0 Å². The van der Waals surface area contributed by atoms with Crippen LogP contribution in [-0.4, -0.2) is 4.98 Å². The first-order valence-corrected chi connectivity index (χ1v) is 7.12. The van der Waals surface area contributed by atoms with Gasteiger partial charge in [-0.3, -0.25) is 0 Å². The zero-order chi connectivity index (χ0) is 13.2. The quantitative estimate of drug-likeness (QED) is 0.698. The van der Waals surface area contributed by atoms with Crippen molar-refractivity contribution in [2.24, 2.45) is 0 Å². The molecular weight excluding hydrogens is 279 g/mol. The summed E-state index contributed by atoms with van der Waals surface area (Å²) in [6, 6.07) is 14.1. The third kappa shape index (κ3) is 2.60. The van der Waals surface area contributed by atoms with E-state index in [9.17, 15) is 4.39 Å². The van der Waals surface area contributed by atoms with Crippen LogP contribution >= 0.6 is 23.1 Å². The summed E-state index contributed by atoms with van der Waals surface area (Å²) in [4.78, 5) is 5.16. The lowest BCUT2D eigenvalue weighted by atomic mass is 10.2. The summed E-state index contributed by atoms with van der Waals surface area (Å²) in [7, 11) is 0. The van der Waals surface area contributed by atoms with E-state index < -0.39 is 5.82 Å². The maximum atomic E-state index is 13.3. The molecule has 0 aliphatic heterocycles. The van der Waals surface area contributed by atoms with Gasteiger partial charge in [-0.15, -0.1) is 11.3 Å². The van der Waals surface area contributed by atoms with E-state index in [2.05, 4.69) is 4.98 Å². The molecule has 0 spiro atoms. The van der Waals surface area contributed by atoms with Crippen molar-refractivity contribution in [1.29, 1.82) is 5.26 Å². The summed E-state index contributed by atoms with van der Waals surface area (Å²) in [6.07, 6.45) is 0. The molecule has 0 saturated carbocycles. The first-order chi connectivity index (χ1) is 9.24. The highest BCUT2D eigenvalue weighted by molar-refractivity contribution is 8.01. The Morgan fingerprint density at radius 2 is 2.05 bits per heavy atom. The number of hydrogen-bond donors (Lipinski definition) is 0. The molecule has 0 N–H and O–H groups in total. The Morgan fingerprint density at radius 3 is 2.84 bits per heavy atom. The normalized spacial score (nSPS) is 10.5. The summed E-state index contributed by atoms with van der Waals surface area (Å²) in [5.74, 6) is -0.400. The summed E-state index contributed by atoms with van der Waals surface area (Å²) < 4.78 is 15.3. The Hall–Kier alpha value is -1.90. The van der Waals surface area contributed by atoms with Crippen LogP contribution in [0.25, 0.3) is 10.2 Å². The molecule has 5 heteroatoms. The highest BCUT2D eigenvalue weighted by Crippen LogP contribution is 2.34. The van der Waals surface area contributed by atoms with E-state index in [0.29, 0.717) is 10.5 Å². The highest BCUT2D eigenvalue weighted by atomic mass is 32.2. The van der Waals surface area contributed by atoms with Crippen molar-refractivity contribution < 1.29 is 4.39 Å². The number of thiazole rings is 1. The van der Waals surface area contributed by atoms with Gasteiger partial charge in [0.05, 0.1) is 21.8 Å². The Morgan fingerprint density at radius 1 is 1.21 bits per heavy atom. The largest absolute Gasteiger partial charge is 0.229 e. The van der Waals surface area contributed by atoms with Gasteiger partial charge in [0, 0.05) is 4.90 Å². The molecule has 0 aliphatic rings. The lowest BCUT2D eigenvalue weighted by molar-refractivity contribution is 0.623. The Balaban J connectivity index is 1.96. The summed E-state index contributed by atoms with van der Waals surface area (Å²) in [5, 5.41) is 8.83. The molecule has 92 valence electrons. The second kappa shape index (κ2) is 5.00. The second-order valence-electron chi connectivity index (χ2n) is 3.84. The molecule has 0 bridgehead atoms. The van der Waals surface area contributed by atoms with Crippen molar-refractivity contribution in [3.8, 4) is 6.07 Å². The van der Waals surface area contributed by atoms with Crippen LogP contribution < -0.4 is 0 Å². The van der Waals surface area contributed by atoms with Gasteiger partial charge in [-0.25, -0.2) is 9.37 Å². The lowest BCUT2D eigenvalue weighted by Gasteiger charge is -1.98. The fourth-order valence-electron chi connectivity index (χ4n) is 1.68. The first kappa shape index (κ1) is 12.2. The zero-order valence-corrected chi connectivity index (χ0v) is 11.3. The third-order valence-corrected chi connectivity index (χ3v) is 4.55. The number of rotatable bonds is 2. The highest BCUT2D eigenvalue weighted by Gasteiger charge is 2.07. The van der Waals surface area contributed by atoms with Crippen LogP contribution in [0.1, 0.15) is 5.56 Å². The number of halogens is 1. The van der Waals surface area contributed by atoms with E-state index in [0.717, 1.165) is 14.6 Å². The zero-order valence-electron chi connectivity index (χ0n) is 9.63. The molecule has 0 radical (unpaired) electrons. The fraction of sp³-hybridized carbons (Fsp3) is 0. The Kier molecular flexibility index (Phi) is 3.20. The minimum Gasteiger partial charge on any atom is -0.229 e. The van der Waals surface area contributed by atoms with Crippen molar-refractivity contribution in [3.63, 3.8) is 0 Å². The lowest BCUT2D eigenvalue weighted by Crippen LogP contribution is -1.81. The molecule has 2 aromatic carbocycles. The van der Waals surface area contributed by atoms with Crippen molar-refractivity contribution in [1.82, 2.24) is 4.98 Å². The predicted molar refractivity (Wildman–Crippen MR) is 74.9 cm³/mol.